The molecule has 0 spiro atoms. The number of alkyl halides is 3. The molecule has 0 amide bonds. The van der Waals surface area contributed by atoms with E-state index in [0.717, 1.165) is 6.07 Å². The van der Waals surface area contributed by atoms with E-state index in [1.165, 1.54) is 30.3 Å². The molecule has 0 saturated carbocycles. The molecule has 21 heavy (non-hydrogen) atoms. The first-order valence-corrected chi connectivity index (χ1v) is 6.99. The van der Waals surface area contributed by atoms with Gasteiger partial charge in [-0.2, -0.15) is 13.2 Å². The minimum atomic E-state index is -4.51. The van der Waals surface area contributed by atoms with Gasteiger partial charge in [0.2, 0.25) is 0 Å². The number of hydrogen-bond acceptors (Lipinski definition) is 1. The summed E-state index contributed by atoms with van der Waals surface area (Å²) in [5.74, 6) is -0.569. The van der Waals surface area contributed by atoms with Gasteiger partial charge in [0.25, 0.3) is 0 Å². The monoisotopic (exact) mass is 381 g/mol. The van der Waals surface area contributed by atoms with E-state index in [4.69, 9.17) is 11.6 Å². The van der Waals surface area contributed by atoms with Gasteiger partial charge in [-0.25, -0.2) is 4.39 Å². The van der Waals surface area contributed by atoms with Crippen LogP contribution in [0.1, 0.15) is 11.1 Å². The lowest BCUT2D eigenvalue weighted by Crippen LogP contribution is -2.11. The normalized spacial score (nSPS) is 11.5. The smallest absolute Gasteiger partial charge is 0.380 e. The van der Waals surface area contributed by atoms with Crippen LogP contribution >= 0.6 is 27.5 Å². The SMILES string of the molecule is Fc1cccc(Cl)c1CNc1ccc(Br)cc1C(F)(F)F. The van der Waals surface area contributed by atoms with E-state index < -0.39 is 17.6 Å². The first-order valence-electron chi connectivity index (χ1n) is 5.82. The second kappa shape index (κ2) is 6.23. The first kappa shape index (κ1) is 16.1. The minimum absolute atomic E-state index is 0.121. The Kier molecular flexibility index (Phi) is 4.78. The van der Waals surface area contributed by atoms with Crippen LogP contribution in [0.3, 0.4) is 0 Å². The maximum Gasteiger partial charge on any atom is 0.418 e. The van der Waals surface area contributed by atoms with E-state index in [2.05, 4.69) is 21.2 Å². The number of anilines is 1. The van der Waals surface area contributed by atoms with Gasteiger partial charge in [-0.05, 0) is 30.3 Å². The Morgan fingerprint density at radius 3 is 2.48 bits per heavy atom. The molecule has 0 aliphatic carbocycles. The van der Waals surface area contributed by atoms with E-state index in [-0.39, 0.29) is 22.8 Å². The highest BCUT2D eigenvalue weighted by Gasteiger charge is 2.33. The van der Waals surface area contributed by atoms with Crippen LogP contribution in [-0.4, -0.2) is 0 Å². The Labute approximate surface area is 132 Å². The van der Waals surface area contributed by atoms with Gasteiger partial charge in [0.1, 0.15) is 5.82 Å². The molecule has 0 unspecified atom stereocenters. The predicted octanol–water partition coefficient (Wildman–Crippen LogP) is 5.87. The Hall–Kier alpha value is -1.27. The van der Waals surface area contributed by atoms with Gasteiger partial charge in [0, 0.05) is 27.3 Å². The van der Waals surface area contributed by atoms with E-state index >= 15 is 0 Å². The Morgan fingerprint density at radius 1 is 1.14 bits per heavy atom. The maximum absolute atomic E-state index is 13.6. The van der Waals surface area contributed by atoms with Gasteiger partial charge in [-0.1, -0.05) is 33.6 Å². The fourth-order valence-corrected chi connectivity index (χ4v) is 2.38. The van der Waals surface area contributed by atoms with Crippen molar-refractivity contribution in [1.29, 1.82) is 0 Å². The fraction of sp³-hybridized carbons (Fsp3) is 0.143. The summed E-state index contributed by atoms with van der Waals surface area (Å²) in [7, 11) is 0. The molecule has 0 aromatic heterocycles. The highest BCUT2D eigenvalue weighted by Crippen LogP contribution is 2.37. The Bertz CT molecular complexity index is 638. The molecular weight excluding hydrogens is 374 g/mol. The zero-order valence-corrected chi connectivity index (χ0v) is 12.8. The van der Waals surface area contributed by atoms with Crippen LogP contribution in [0.4, 0.5) is 23.2 Å². The quantitative estimate of drug-likeness (QED) is 0.654. The summed E-state index contributed by atoms with van der Waals surface area (Å²) in [4.78, 5) is 0. The van der Waals surface area contributed by atoms with Crippen molar-refractivity contribution < 1.29 is 17.6 Å². The number of rotatable bonds is 3. The van der Waals surface area contributed by atoms with Crippen LogP contribution in [0, 0.1) is 5.82 Å². The largest absolute Gasteiger partial charge is 0.418 e. The van der Waals surface area contributed by atoms with Gasteiger partial charge in [0.15, 0.2) is 0 Å². The molecule has 1 N–H and O–H groups in total. The molecule has 2 aromatic carbocycles. The molecule has 0 heterocycles. The fourth-order valence-electron chi connectivity index (χ4n) is 1.79. The molecule has 1 nitrogen and oxygen atoms in total. The second-order valence-corrected chi connectivity index (χ2v) is 5.56. The molecule has 0 atom stereocenters. The van der Waals surface area contributed by atoms with Crippen LogP contribution < -0.4 is 5.32 Å². The van der Waals surface area contributed by atoms with Crippen molar-refractivity contribution in [1.82, 2.24) is 0 Å². The number of nitrogens with one attached hydrogen (secondary N) is 1. The lowest BCUT2D eigenvalue weighted by Gasteiger charge is -2.15. The van der Waals surface area contributed by atoms with Gasteiger partial charge in [-0.3, -0.25) is 0 Å². The summed E-state index contributed by atoms with van der Waals surface area (Å²) in [6.45, 7) is -0.143. The zero-order chi connectivity index (χ0) is 15.6. The minimum Gasteiger partial charge on any atom is -0.380 e. The molecule has 2 rings (SSSR count). The first-order chi connectivity index (χ1) is 9.79. The lowest BCUT2D eigenvalue weighted by atomic mass is 10.1. The molecule has 7 heteroatoms. The summed E-state index contributed by atoms with van der Waals surface area (Å²) in [6.07, 6.45) is -4.51. The van der Waals surface area contributed by atoms with Gasteiger partial charge in [-0.15, -0.1) is 0 Å². The van der Waals surface area contributed by atoms with Crippen molar-refractivity contribution in [3.8, 4) is 0 Å². The molecule has 0 radical (unpaired) electrons. The topological polar surface area (TPSA) is 12.0 Å². The molecule has 0 bridgehead atoms. The van der Waals surface area contributed by atoms with Gasteiger partial charge < -0.3 is 5.32 Å². The summed E-state index contributed by atoms with van der Waals surface area (Å²) in [6, 6.07) is 7.83. The van der Waals surface area contributed by atoms with Crippen molar-refractivity contribution >= 4 is 33.2 Å². The van der Waals surface area contributed by atoms with Crippen molar-refractivity contribution in [2.75, 3.05) is 5.32 Å². The molecule has 0 saturated heterocycles. The standard InChI is InChI=1S/C14H9BrClF4N/c15-8-4-5-13(10(6-8)14(18,19)20)21-7-9-11(16)2-1-3-12(9)17/h1-6,21H,7H2. The summed E-state index contributed by atoms with van der Waals surface area (Å²) >= 11 is 8.84. The molecular formula is C14H9BrClF4N. The summed E-state index contributed by atoms with van der Waals surface area (Å²) in [5.41, 5.74) is -0.843. The van der Waals surface area contributed by atoms with E-state index in [0.29, 0.717) is 4.47 Å². The predicted molar refractivity (Wildman–Crippen MR) is 77.9 cm³/mol. The summed E-state index contributed by atoms with van der Waals surface area (Å²) < 4.78 is 52.8. The molecule has 112 valence electrons. The maximum atomic E-state index is 13.6. The lowest BCUT2D eigenvalue weighted by molar-refractivity contribution is -0.137. The van der Waals surface area contributed by atoms with Gasteiger partial charge >= 0.3 is 6.18 Å². The van der Waals surface area contributed by atoms with E-state index in [9.17, 15) is 17.6 Å². The van der Waals surface area contributed by atoms with Crippen LogP contribution in [0.25, 0.3) is 0 Å². The molecule has 0 fully saturated rings. The van der Waals surface area contributed by atoms with Crippen molar-refractivity contribution in [3.05, 3.63) is 62.8 Å². The van der Waals surface area contributed by atoms with Crippen molar-refractivity contribution in [3.63, 3.8) is 0 Å². The molecule has 0 aliphatic heterocycles. The van der Waals surface area contributed by atoms with Crippen LogP contribution in [0.15, 0.2) is 40.9 Å². The van der Waals surface area contributed by atoms with Crippen LogP contribution in [-0.2, 0) is 12.7 Å². The highest BCUT2D eigenvalue weighted by molar-refractivity contribution is 9.10. The van der Waals surface area contributed by atoms with E-state index in [1.807, 2.05) is 0 Å². The van der Waals surface area contributed by atoms with Crippen molar-refractivity contribution in [2.45, 2.75) is 12.7 Å². The van der Waals surface area contributed by atoms with Gasteiger partial charge in [0.05, 0.1) is 5.56 Å². The number of benzene rings is 2. The third-order valence-corrected chi connectivity index (χ3v) is 3.65. The second-order valence-electron chi connectivity index (χ2n) is 4.24. The molecule has 2 aromatic rings. The van der Waals surface area contributed by atoms with Crippen LogP contribution in [0.2, 0.25) is 5.02 Å². The zero-order valence-electron chi connectivity index (χ0n) is 10.4. The molecule has 0 aliphatic rings. The number of halogens is 6. The van der Waals surface area contributed by atoms with Crippen molar-refractivity contribution in [2.24, 2.45) is 0 Å². The Morgan fingerprint density at radius 2 is 1.86 bits per heavy atom. The average molecular weight is 383 g/mol. The highest BCUT2D eigenvalue weighted by atomic mass is 79.9. The van der Waals surface area contributed by atoms with Crippen LogP contribution in [0.5, 0.6) is 0 Å². The number of hydrogen-bond donors (Lipinski definition) is 1. The average Bonchev–Trinajstić information content (AvgIpc) is 2.38. The van der Waals surface area contributed by atoms with E-state index in [1.54, 1.807) is 0 Å². The summed E-state index contributed by atoms with van der Waals surface area (Å²) in [5, 5.41) is 2.74. The third-order valence-electron chi connectivity index (χ3n) is 2.80. The third kappa shape index (κ3) is 3.89. The Balaban J connectivity index is 2.29.